The number of carbonyl (C=O) groups excluding carboxylic acids is 1. The van der Waals surface area contributed by atoms with Crippen LogP contribution in [0.4, 0.5) is 10.1 Å². The zero-order valence-electron chi connectivity index (χ0n) is 12.5. The Morgan fingerprint density at radius 1 is 1.38 bits per heavy atom. The number of hydrogen-bond acceptors (Lipinski definition) is 4. The van der Waals surface area contributed by atoms with Crippen molar-refractivity contribution < 1.29 is 13.9 Å². The van der Waals surface area contributed by atoms with Gasteiger partial charge in [0.1, 0.15) is 10.7 Å². The van der Waals surface area contributed by atoms with Crippen molar-refractivity contribution >= 4 is 23.0 Å². The Kier molecular flexibility index (Phi) is 4.32. The summed E-state index contributed by atoms with van der Waals surface area (Å²) in [5.41, 5.74) is 8.32. The minimum atomic E-state index is -0.487. The van der Waals surface area contributed by atoms with Crippen LogP contribution in [0.2, 0.25) is 0 Å². The second kappa shape index (κ2) is 5.85. The highest BCUT2D eigenvalue weighted by molar-refractivity contribution is 7.18. The van der Waals surface area contributed by atoms with Crippen molar-refractivity contribution in [2.45, 2.75) is 26.7 Å². The summed E-state index contributed by atoms with van der Waals surface area (Å²) in [7, 11) is 1.31. The first-order chi connectivity index (χ1) is 9.88. The Labute approximate surface area is 127 Å². The van der Waals surface area contributed by atoms with Crippen molar-refractivity contribution in [3.8, 4) is 10.4 Å². The molecular formula is C16H18FNO2S. The van der Waals surface area contributed by atoms with E-state index >= 15 is 0 Å². The van der Waals surface area contributed by atoms with Gasteiger partial charge in [0.15, 0.2) is 0 Å². The second-order valence-electron chi connectivity index (χ2n) is 5.17. The molecule has 0 aliphatic carbocycles. The molecule has 0 aliphatic rings. The summed E-state index contributed by atoms with van der Waals surface area (Å²) in [5.74, 6) is -0.689. The molecule has 2 N–H and O–H groups in total. The van der Waals surface area contributed by atoms with Crippen molar-refractivity contribution in [2.75, 3.05) is 12.8 Å². The van der Waals surface area contributed by atoms with Gasteiger partial charge in [-0.05, 0) is 24.0 Å². The van der Waals surface area contributed by atoms with Crippen LogP contribution in [0.1, 0.15) is 40.6 Å². The summed E-state index contributed by atoms with van der Waals surface area (Å²) in [4.78, 5) is 12.8. The number of thiophene rings is 1. The third-order valence-electron chi connectivity index (χ3n) is 3.37. The number of hydrogen-bond donors (Lipinski definition) is 1. The van der Waals surface area contributed by atoms with Crippen LogP contribution in [0.5, 0.6) is 0 Å². The largest absolute Gasteiger partial charge is 0.465 e. The Balaban J connectivity index is 2.74. The normalized spacial score (nSPS) is 11.0. The Morgan fingerprint density at radius 2 is 2.05 bits per heavy atom. The van der Waals surface area contributed by atoms with Crippen LogP contribution < -0.4 is 5.73 Å². The molecule has 0 spiro atoms. The highest BCUT2D eigenvalue weighted by Crippen LogP contribution is 2.43. The first kappa shape index (κ1) is 15.5. The molecule has 0 amide bonds. The molecule has 3 nitrogen and oxygen atoms in total. The van der Waals surface area contributed by atoms with Gasteiger partial charge in [0, 0.05) is 10.4 Å². The van der Waals surface area contributed by atoms with E-state index in [1.807, 2.05) is 13.8 Å². The maximum Gasteiger partial charge on any atom is 0.350 e. The average molecular weight is 307 g/mol. The molecular weight excluding hydrogens is 289 g/mol. The predicted octanol–water partition coefficient (Wildman–Crippen LogP) is 4.35. The van der Waals surface area contributed by atoms with Crippen LogP contribution >= 0.6 is 11.3 Å². The number of methoxy groups -OCH3 is 1. The van der Waals surface area contributed by atoms with Crippen molar-refractivity contribution in [1.82, 2.24) is 0 Å². The molecule has 1 aromatic heterocycles. The SMILES string of the molecule is COC(=O)c1sc(-c2cccc(C)c2F)c(C(C)C)c1N. The smallest absolute Gasteiger partial charge is 0.350 e. The third kappa shape index (κ3) is 2.65. The van der Waals surface area contributed by atoms with E-state index in [2.05, 4.69) is 0 Å². The molecule has 2 rings (SSSR count). The molecule has 2 aromatic rings. The van der Waals surface area contributed by atoms with Crippen LogP contribution in [0.3, 0.4) is 0 Å². The first-order valence-corrected chi connectivity index (χ1v) is 7.46. The summed E-state index contributed by atoms with van der Waals surface area (Å²) in [6.07, 6.45) is 0. The number of benzene rings is 1. The van der Waals surface area contributed by atoms with Gasteiger partial charge < -0.3 is 10.5 Å². The zero-order chi connectivity index (χ0) is 15.7. The van der Waals surface area contributed by atoms with Crippen LogP contribution in [0.25, 0.3) is 10.4 Å². The fourth-order valence-corrected chi connectivity index (χ4v) is 3.61. The topological polar surface area (TPSA) is 52.3 Å². The molecule has 0 saturated heterocycles. The Bertz CT molecular complexity index is 692. The number of rotatable bonds is 3. The van der Waals surface area contributed by atoms with E-state index in [0.29, 0.717) is 26.6 Å². The van der Waals surface area contributed by atoms with Gasteiger partial charge in [-0.1, -0.05) is 32.0 Å². The molecule has 0 fully saturated rings. The van der Waals surface area contributed by atoms with Gasteiger partial charge in [-0.25, -0.2) is 9.18 Å². The van der Waals surface area contributed by atoms with E-state index in [9.17, 15) is 9.18 Å². The molecule has 21 heavy (non-hydrogen) atoms. The number of anilines is 1. The lowest BCUT2D eigenvalue weighted by Gasteiger charge is -2.10. The van der Waals surface area contributed by atoms with Crippen LogP contribution in [-0.2, 0) is 4.74 Å². The van der Waals surface area contributed by atoms with Crippen LogP contribution in [0.15, 0.2) is 18.2 Å². The summed E-state index contributed by atoms with van der Waals surface area (Å²) >= 11 is 1.18. The first-order valence-electron chi connectivity index (χ1n) is 6.64. The van der Waals surface area contributed by atoms with Gasteiger partial charge in [0.25, 0.3) is 0 Å². The van der Waals surface area contributed by atoms with Gasteiger partial charge in [-0.3, -0.25) is 0 Å². The van der Waals surface area contributed by atoms with Gasteiger partial charge in [0.05, 0.1) is 12.8 Å². The highest BCUT2D eigenvalue weighted by Gasteiger charge is 2.25. The van der Waals surface area contributed by atoms with Gasteiger partial charge in [-0.2, -0.15) is 0 Å². The molecule has 0 saturated carbocycles. The molecule has 0 unspecified atom stereocenters. The maximum absolute atomic E-state index is 14.4. The predicted molar refractivity (Wildman–Crippen MR) is 84.3 cm³/mol. The quantitative estimate of drug-likeness (QED) is 0.857. The minimum absolute atomic E-state index is 0.0783. The number of aryl methyl sites for hydroxylation is 1. The maximum atomic E-state index is 14.4. The minimum Gasteiger partial charge on any atom is -0.465 e. The van der Waals surface area contributed by atoms with Crippen molar-refractivity contribution in [2.24, 2.45) is 0 Å². The number of ether oxygens (including phenoxy) is 1. The van der Waals surface area contributed by atoms with Gasteiger partial charge >= 0.3 is 5.97 Å². The number of carbonyl (C=O) groups is 1. The average Bonchev–Trinajstić information content (AvgIpc) is 2.78. The van der Waals surface area contributed by atoms with Gasteiger partial charge in [-0.15, -0.1) is 11.3 Å². The Hall–Kier alpha value is -1.88. The van der Waals surface area contributed by atoms with E-state index in [1.165, 1.54) is 18.4 Å². The monoisotopic (exact) mass is 307 g/mol. The molecule has 0 radical (unpaired) electrons. The standard InChI is InChI=1S/C16H18FNO2S/c1-8(2)11-13(18)15(16(19)20-4)21-14(11)10-7-5-6-9(3)12(10)17/h5-8H,18H2,1-4H3. The zero-order valence-corrected chi connectivity index (χ0v) is 13.3. The summed E-state index contributed by atoms with van der Waals surface area (Å²) in [6.45, 7) is 5.65. The van der Waals surface area contributed by atoms with Crippen molar-refractivity contribution in [1.29, 1.82) is 0 Å². The molecule has 1 heterocycles. The van der Waals surface area contributed by atoms with Crippen molar-refractivity contribution in [3.63, 3.8) is 0 Å². The van der Waals surface area contributed by atoms with Gasteiger partial charge in [0.2, 0.25) is 0 Å². The lowest BCUT2D eigenvalue weighted by Crippen LogP contribution is -2.03. The van der Waals surface area contributed by atoms with E-state index in [-0.39, 0.29) is 11.7 Å². The molecule has 0 aliphatic heterocycles. The fourth-order valence-electron chi connectivity index (χ4n) is 2.30. The van der Waals surface area contributed by atoms with Crippen LogP contribution in [0, 0.1) is 12.7 Å². The number of nitrogens with two attached hydrogens (primary N) is 1. The lowest BCUT2D eigenvalue weighted by atomic mass is 9.97. The lowest BCUT2D eigenvalue weighted by molar-refractivity contribution is 0.0607. The second-order valence-corrected chi connectivity index (χ2v) is 6.19. The van der Waals surface area contributed by atoms with Crippen LogP contribution in [-0.4, -0.2) is 13.1 Å². The molecule has 0 bridgehead atoms. The fraction of sp³-hybridized carbons (Fsp3) is 0.312. The molecule has 1 aromatic carbocycles. The number of halogens is 1. The van der Waals surface area contributed by atoms with Crippen molar-refractivity contribution in [3.05, 3.63) is 40.0 Å². The molecule has 5 heteroatoms. The highest BCUT2D eigenvalue weighted by atomic mass is 32.1. The summed E-state index contributed by atoms with van der Waals surface area (Å²) < 4.78 is 19.2. The van der Waals surface area contributed by atoms with E-state index in [0.717, 1.165) is 5.56 Å². The molecule has 0 atom stereocenters. The van der Waals surface area contributed by atoms with E-state index in [4.69, 9.17) is 10.5 Å². The molecule has 112 valence electrons. The third-order valence-corrected chi connectivity index (χ3v) is 4.60. The summed E-state index contributed by atoms with van der Waals surface area (Å²) in [6, 6.07) is 5.22. The number of nitrogen functional groups attached to an aromatic ring is 1. The van der Waals surface area contributed by atoms with E-state index in [1.54, 1.807) is 25.1 Å². The summed E-state index contributed by atoms with van der Waals surface area (Å²) in [5, 5.41) is 0. The Morgan fingerprint density at radius 3 is 2.62 bits per heavy atom. The number of esters is 1. The van der Waals surface area contributed by atoms with E-state index < -0.39 is 5.97 Å².